The fourth-order valence-electron chi connectivity index (χ4n) is 1.93. The molecule has 0 aromatic heterocycles. The first-order valence-electron chi connectivity index (χ1n) is 7.13. The number of phenolic OH excluding ortho intramolecular Hbond substituents is 1. The molecule has 1 atom stereocenters. The van der Waals surface area contributed by atoms with E-state index in [-0.39, 0.29) is 16.3 Å². The third kappa shape index (κ3) is 4.45. The van der Waals surface area contributed by atoms with Crippen molar-refractivity contribution < 1.29 is 28.7 Å². The van der Waals surface area contributed by atoms with Crippen LogP contribution in [0.1, 0.15) is 17.3 Å². The van der Waals surface area contributed by atoms with Crippen molar-refractivity contribution in [2.24, 2.45) is 0 Å². The molecule has 10 heteroatoms. The van der Waals surface area contributed by atoms with Crippen LogP contribution in [0, 0.1) is 15.9 Å². The molecule has 0 radical (unpaired) electrons. The number of aromatic hydroxyl groups is 1. The zero-order chi connectivity index (χ0) is 19.4. The molecule has 0 bridgehead atoms. The summed E-state index contributed by atoms with van der Waals surface area (Å²) < 4.78 is 18.2. The first kappa shape index (κ1) is 19.1. The number of phenols is 1. The second kappa shape index (κ2) is 7.79. The number of hydrogen-bond donors (Lipinski definition) is 2. The van der Waals surface area contributed by atoms with Gasteiger partial charge in [0.1, 0.15) is 11.3 Å². The van der Waals surface area contributed by atoms with Crippen molar-refractivity contribution >= 4 is 34.9 Å². The van der Waals surface area contributed by atoms with Crippen LogP contribution in [-0.2, 0) is 9.53 Å². The van der Waals surface area contributed by atoms with Gasteiger partial charge in [0.25, 0.3) is 5.91 Å². The van der Waals surface area contributed by atoms with E-state index < -0.39 is 40.2 Å². The number of anilines is 1. The predicted molar refractivity (Wildman–Crippen MR) is 89.7 cm³/mol. The molecule has 2 aromatic rings. The predicted octanol–water partition coefficient (Wildman–Crippen LogP) is 3.28. The van der Waals surface area contributed by atoms with Crippen molar-refractivity contribution in [3.63, 3.8) is 0 Å². The third-order valence-electron chi connectivity index (χ3n) is 3.24. The zero-order valence-electron chi connectivity index (χ0n) is 13.2. The summed E-state index contributed by atoms with van der Waals surface area (Å²) in [5.74, 6) is -3.23. The van der Waals surface area contributed by atoms with Crippen LogP contribution in [0.5, 0.6) is 5.75 Å². The average Bonchev–Trinajstić information content (AvgIpc) is 2.55. The number of nitrogens with one attached hydrogen (secondary N) is 1. The van der Waals surface area contributed by atoms with E-state index in [0.29, 0.717) is 0 Å². The van der Waals surface area contributed by atoms with Gasteiger partial charge in [-0.05, 0) is 37.3 Å². The zero-order valence-corrected chi connectivity index (χ0v) is 14.0. The topological polar surface area (TPSA) is 119 Å². The summed E-state index contributed by atoms with van der Waals surface area (Å²) >= 11 is 5.66. The fourth-order valence-corrected chi connectivity index (χ4v) is 2.10. The standard InChI is InChI=1S/C16H12ClFN2O6/c1-8(26-16(23)11-4-2-9(17)6-14(11)21)15(22)19-10-3-5-12(18)13(7-10)20(24)25/h2-8,21H,1H3,(H,19,22). The number of nitro benzene ring substituents is 1. The van der Waals surface area contributed by atoms with Crippen molar-refractivity contribution in [1.29, 1.82) is 0 Å². The average molecular weight is 383 g/mol. The molecule has 0 aliphatic carbocycles. The van der Waals surface area contributed by atoms with Gasteiger partial charge in [-0.15, -0.1) is 0 Å². The van der Waals surface area contributed by atoms with E-state index in [0.717, 1.165) is 24.3 Å². The van der Waals surface area contributed by atoms with Gasteiger partial charge in [0.05, 0.1) is 4.92 Å². The van der Waals surface area contributed by atoms with Crippen LogP contribution in [0.3, 0.4) is 0 Å². The minimum atomic E-state index is -1.29. The van der Waals surface area contributed by atoms with Crippen molar-refractivity contribution in [1.82, 2.24) is 0 Å². The molecule has 0 saturated heterocycles. The van der Waals surface area contributed by atoms with Crippen LogP contribution >= 0.6 is 11.6 Å². The number of nitro groups is 1. The van der Waals surface area contributed by atoms with Gasteiger partial charge in [-0.25, -0.2) is 4.79 Å². The number of carbonyl (C=O) groups is 2. The first-order valence-corrected chi connectivity index (χ1v) is 7.51. The van der Waals surface area contributed by atoms with Gasteiger partial charge in [-0.3, -0.25) is 14.9 Å². The summed E-state index contributed by atoms with van der Waals surface area (Å²) in [5, 5.41) is 22.9. The summed E-state index contributed by atoms with van der Waals surface area (Å²) in [5.41, 5.74) is -1.04. The minimum Gasteiger partial charge on any atom is -0.507 e. The van der Waals surface area contributed by atoms with E-state index in [1.54, 1.807) is 0 Å². The highest BCUT2D eigenvalue weighted by atomic mass is 35.5. The van der Waals surface area contributed by atoms with Crippen molar-refractivity contribution in [2.75, 3.05) is 5.32 Å². The molecule has 1 amide bonds. The molecule has 0 aliphatic rings. The maximum absolute atomic E-state index is 13.3. The lowest BCUT2D eigenvalue weighted by Crippen LogP contribution is -2.30. The van der Waals surface area contributed by atoms with Gasteiger partial charge < -0.3 is 15.2 Å². The highest BCUT2D eigenvalue weighted by Gasteiger charge is 2.22. The van der Waals surface area contributed by atoms with E-state index in [1.165, 1.54) is 19.1 Å². The van der Waals surface area contributed by atoms with Crippen LogP contribution < -0.4 is 5.32 Å². The third-order valence-corrected chi connectivity index (χ3v) is 3.48. The lowest BCUT2D eigenvalue weighted by atomic mass is 10.2. The normalized spacial score (nSPS) is 11.5. The number of nitrogens with zero attached hydrogens (tertiary/aromatic N) is 1. The summed E-state index contributed by atoms with van der Waals surface area (Å²) in [6.45, 7) is 1.26. The Labute approximate surface area is 151 Å². The molecule has 2 rings (SSSR count). The first-order chi connectivity index (χ1) is 12.2. The van der Waals surface area contributed by atoms with Gasteiger partial charge >= 0.3 is 11.7 Å². The lowest BCUT2D eigenvalue weighted by Gasteiger charge is -2.14. The molecule has 2 aromatic carbocycles. The van der Waals surface area contributed by atoms with E-state index in [4.69, 9.17) is 16.3 Å². The summed E-state index contributed by atoms with van der Waals surface area (Å²) in [6.07, 6.45) is -1.29. The van der Waals surface area contributed by atoms with Crippen molar-refractivity contribution in [2.45, 2.75) is 13.0 Å². The minimum absolute atomic E-state index is 0.0414. The van der Waals surface area contributed by atoms with Gasteiger partial charge in [0, 0.05) is 16.8 Å². The molecule has 1 unspecified atom stereocenters. The Morgan fingerprint density at radius 1 is 1.31 bits per heavy atom. The Morgan fingerprint density at radius 3 is 2.62 bits per heavy atom. The van der Waals surface area contributed by atoms with Gasteiger partial charge in [-0.2, -0.15) is 4.39 Å². The molecular formula is C16H12ClFN2O6. The van der Waals surface area contributed by atoms with E-state index in [2.05, 4.69) is 5.32 Å². The van der Waals surface area contributed by atoms with E-state index >= 15 is 0 Å². The molecule has 0 aliphatic heterocycles. The molecule has 0 heterocycles. The van der Waals surface area contributed by atoms with Gasteiger partial charge in [0.15, 0.2) is 6.10 Å². The van der Waals surface area contributed by atoms with Crippen LogP contribution in [0.4, 0.5) is 15.8 Å². The van der Waals surface area contributed by atoms with Crippen LogP contribution in [0.25, 0.3) is 0 Å². The van der Waals surface area contributed by atoms with Gasteiger partial charge in [-0.1, -0.05) is 11.6 Å². The number of benzene rings is 2. The summed E-state index contributed by atoms with van der Waals surface area (Å²) in [7, 11) is 0. The van der Waals surface area contributed by atoms with Crippen LogP contribution in [-0.4, -0.2) is 28.0 Å². The lowest BCUT2D eigenvalue weighted by molar-refractivity contribution is -0.387. The van der Waals surface area contributed by atoms with Gasteiger partial charge in [0.2, 0.25) is 5.82 Å². The number of hydrogen-bond acceptors (Lipinski definition) is 6. The molecule has 8 nitrogen and oxygen atoms in total. The molecule has 26 heavy (non-hydrogen) atoms. The number of amides is 1. The number of rotatable bonds is 5. The Hall–Kier alpha value is -3.20. The SMILES string of the molecule is CC(OC(=O)c1ccc(Cl)cc1O)C(=O)Nc1ccc(F)c([N+](=O)[O-])c1. The maximum Gasteiger partial charge on any atom is 0.342 e. The van der Waals surface area contributed by atoms with Crippen LogP contribution in [0.15, 0.2) is 36.4 Å². The molecule has 0 fully saturated rings. The quantitative estimate of drug-likeness (QED) is 0.465. The highest BCUT2D eigenvalue weighted by molar-refractivity contribution is 6.30. The molecule has 2 N–H and O–H groups in total. The summed E-state index contributed by atoms with van der Waals surface area (Å²) in [4.78, 5) is 33.8. The second-order valence-electron chi connectivity index (χ2n) is 5.12. The molecule has 0 saturated carbocycles. The molecule has 0 spiro atoms. The number of halogens is 2. The van der Waals surface area contributed by atoms with E-state index in [1.807, 2.05) is 0 Å². The number of carbonyl (C=O) groups excluding carboxylic acids is 2. The highest BCUT2D eigenvalue weighted by Crippen LogP contribution is 2.24. The van der Waals surface area contributed by atoms with Crippen LogP contribution in [0.2, 0.25) is 5.02 Å². The number of ether oxygens (including phenoxy) is 1. The smallest absolute Gasteiger partial charge is 0.342 e. The van der Waals surface area contributed by atoms with Crippen molar-refractivity contribution in [3.8, 4) is 5.75 Å². The molecule has 136 valence electrons. The fraction of sp³-hybridized carbons (Fsp3) is 0.125. The largest absolute Gasteiger partial charge is 0.507 e. The Bertz CT molecular complexity index is 889. The van der Waals surface area contributed by atoms with E-state index in [9.17, 15) is 29.2 Å². The Balaban J connectivity index is 2.07. The Kier molecular flexibility index (Phi) is 5.73. The number of esters is 1. The van der Waals surface area contributed by atoms with Crippen molar-refractivity contribution in [3.05, 3.63) is 62.9 Å². The maximum atomic E-state index is 13.3. The second-order valence-corrected chi connectivity index (χ2v) is 5.56. The molecular weight excluding hydrogens is 371 g/mol. The Morgan fingerprint density at radius 2 is 2.00 bits per heavy atom. The summed E-state index contributed by atoms with van der Waals surface area (Å²) in [6, 6.07) is 6.53. The monoisotopic (exact) mass is 382 g/mol.